The van der Waals surface area contributed by atoms with Gasteiger partial charge in [0.05, 0.1) is 27.2 Å². The summed E-state index contributed by atoms with van der Waals surface area (Å²) in [4.78, 5) is 37.1. The Morgan fingerprint density at radius 1 is 1.11 bits per heavy atom. The van der Waals surface area contributed by atoms with Gasteiger partial charge in [0.2, 0.25) is 11.8 Å². The maximum absolute atomic E-state index is 13.2. The lowest BCUT2D eigenvalue weighted by Crippen LogP contribution is -2.40. The molecule has 0 bridgehead atoms. The highest BCUT2D eigenvalue weighted by Gasteiger charge is 2.41. The number of aromatic amines is 1. The molecule has 46 heavy (non-hydrogen) atoms. The molecule has 0 unspecified atom stereocenters. The number of rotatable bonds is 10. The molecule has 17 heteroatoms. The van der Waals surface area contributed by atoms with Crippen molar-refractivity contribution < 1.29 is 36.3 Å². The summed E-state index contributed by atoms with van der Waals surface area (Å²) in [5, 5.41) is 8.82. The fourth-order valence-electron chi connectivity index (χ4n) is 5.16. The van der Waals surface area contributed by atoms with E-state index in [1.165, 1.54) is 6.07 Å². The first-order valence-electron chi connectivity index (χ1n) is 14.1. The summed E-state index contributed by atoms with van der Waals surface area (Å²) in [6.45, 7) is -0.971. The Labute approximate surface area is 269 Å². The van der Waals surface area contributed by atoms with Gasteiger partial charge in [-0.15, -0.1) is 0 Å². The number of pyridine rings is 1. The van der Waals surface area contributed by atoms with Crippen molar-refractivity contribution in [3.63, 3.8) is 0 Å². The van der Waals surface area contributed by atoms with E-state index < -0.39 is 43.0 Å². The van der Waals surface area contributed by atoms with E-state index in [9.17, 15) is 31.5 Å². The van der Waals surface area contributed by atoms with Gasteiger partial charge >= 0.3 is 6.18 Å². The zero-order valence-electron chi connectivity index (χ0n) is 24.2. The quantitative estimate of drug-likeness (QED) is 0.136. The molecule has 0 atom stereocenters. The molecular formula is C29H28Cl2F5N7O3. The SMILES string of the molecule is Cn1cccc1C(=O)NCc1ccc(Cl)c(Nc2nc3nc(OCC(F)F)c(C(=O)N[C@H]4CC[C@H](C(F)(F)F)CC4)cc3[nH]2)c1Cl. The first-order chi connectivity index (χ1) is 21.8. The molecule has 5 rings (SSSR count). The Bertz CT molecular complexity index is 1740. The van der Waals surface area contributed by atoms with Crippen LogP contribution in [-0.2, 0) is 13.6 Å². The van der Waals surface area contributed by atoms with E-state index in [1.807, 2.05) is 0 Å². The van der Waals surface area contributed by atoms with Gasteiger partial charge in [-0.2, -0.15) is 23.1 Å². The third-order valence-electron chi connectivity index (χ3n) is 7.58. The number of hydrogen-bond donors (Lipinski definition) is 4. The number of nitrogens with zero attached hydrogens (tertiary/aromatic N) is 3. The molecule has 0 saturated heterocycles. The minimum atomic E-state index is -4.31. The van der Waals surface area contributed by atoms with Crippen LogP contribution < -0.4 is 20.7 Å². The first kappa shape index (κ1) is 33.3. The number of H-pyrrole nitrogens is 1. The number of halogens is 7. The number of anilines is 2. The Balaban J connectivity index is 1.35. The number of hydrogen-bond acceptors (Lipinski definition) is 6. The summed E-state index contributed by atoms with van der Waals surface area (Å²) >= 11 is 13.0. The van der Waals surface area contributed by atoms with Gasteiger partial charge < -0.3 is 30.2 Å². The monoisotopic (exact) mass is 687 g/mol. The minimum absolute atomic E-state index is 0.00670. The fraction of sp³-hybridized carbons (Fsp3) is 0.379. The van der Waals surface area contributed by atoms with Crippen molar-refractivity contribution in [2.45, 2.75) is 50.9 Å². The van der Waals surface area contributed by atoms with Crippen LogP contribution in [0.25, 0.3) is 11.2 Å². The Kier molecular flexibility index (Phi) is 9.91. The van der Waals surface area contributed by atoms with E-state index in [1.54, 1.807) is 42.1 Å². The molecule has 10 nitrogen and oxygen atoms in total. The summed E-state index contributed by atoms with van der Waals surface area (Å²) < 4.78 is 71.9. The maximum Gasteiger partial charge on any atom is 0.391 e. The Morgan fingerprint density at radius 3 is 2.50 bits per heavy atom. The van der Waals surface area contributed by atoms with Crippen molar-refractivity contribution in [3.8, 4) is 5.88 Å². The van der Waals surface area contributed by atoms with E-state index >= 15 is 0 Å². The average Bonchev–Trinajstić information content (AvgIpc) is 3.61. The molecule has 3 heterocycles. The second kappa shape index (κ2) is 13.7. The number of ether oxygens (including phenoxy) is 1. The number of amides is 2. The standard InChI is InChI=1S/C29H28Cl2F5N7O3/c1-43-10-2-3-20(43)26(45)37-12-14-4-9-18(30)23(22(14)31)40-28-39-19-11-17(27(41-24(19)42-28)46-13-21(32)33)25(44)38-16-7-5-15(6-8-16)29(34,35)36/h2-4,9-11,15-16,21H,5-8,12-13H2,1H3,(H,37,45)(H,38,44)(H2,39,40,41,42)/t15-,16-. The molecule has 0 spiro atoms. The molecule has 1 fully saturated rings. The summed E-state index contributed by atoms with van der Waals surface area (Å²) in [5.41, 5.74) is 1.26. The lowest BCUT2D eigenvalue weighted by Gasteiger charge is -2.30. The molecule has 1 aliphatic rings. The predicted molar refractivity (Wildman–Crippen MR) is 161 cm³/mol. The lowest BCUT2D eigenvalue weighted by atomic mass is 9.85. The molecule has 1 aliphatic carbocycles. The topological polar surface area (TPSA) is 126 Å². The second-order valence-electron chi connectivity index (χ2n) is 10.8. The van der Waals surface area contributed by atoms with Crippen LogP contribution in [0, 0.1) is 5.92 Å². The summed E-state index contributed by atoms with van der Waals surface area (Å²) in [6.07, 6.45) is -5.49. The van der Waals surface area contributed by atoms with Gasteiger partial charge in [0.1, 0.15) is 11.3 Å². The van der Waals surface area contributed by atoms with Gasteiger partial charge in [0.25, 0.3) is 18.2 Å². The van der Waals surface area contributed by atoms with Crippen molar-refractivity contribution in [3.05, 3.63) is 63.4 Å². The van der Waals surface area contributed by atoms with Crippen LogP contribution in [0.3, 0.4) is 0 Å². The van der Waals surface area contributed by atoms with E-state index in [4.69, 9.17) is 27.9 Å². The third kappa shape index (κ3) is 7.64. The molecule has 0 radical (unpaired) electrons. The molecule has 3 aromatic heterocycles. The van der Waals surface area contributed by atoms with Crippen LogP contribution in [0.1, 0.15) is 52.1 Å². The Hall–Kier alpha value is -4.11. The van der Waals surface area contributed by atoms with Crippen LogP contribution in [0.2, 0.25) is 10.0 Å². The highest BCUT2D eigenvalue weighted by atomic mass is 35.5. The number of aryl methyl sites for hydroxylation is 1. The van der Waals surface area contributed by atoms with Gasteiger partial charge in [0.15, 0.2) is 12.3 Å². The number of carbonyl (C=O) groups excluding carboxylic acids is 2. The molecule has 246 valence electrons. The largest absolute Gasteiger partial charge is 0.471 e. The highest BCUT2D eigenvalue weighted by Crippen LogP contribution is 2.38. The van der Waals surface area contributed by atoms with Crippen LogP contribution in [-0.4, -0.2) is 56.6 Å². The summed E-state index contributed by atoms with van der Waals surface area (Å²) in [7, 11) is 1.74. The number of imidazole rings is 1. The molecule has 2 amide bonds. The van der Waals surface area contributed by atoms with Crippen LogP contribution in [0.15, 0.2) is 36.5 Å². The average molecular weight is 688 g/mol. The molecule has 0 aliphatic heterocycles. The number of carbonyl (C=O) groups is 2. The van der Waals surface area contributed by atoms with Crippen molar-refractivity contribution in [2.24, 2.45) is 13.0 Å². The van der Waals surface area contributed by atoms with Gasteiger partial charge in [-0.3, -0.25) is 9.59 Å². The van der Waals surface area contributed by atoms with E-state index in [0.717, 1.165) is 0 Å². The molecule has 1 saturated carbocycles. The molecule has 4 N–H and O–H groups in total. The lowest BCUT2D eigenvalue weighted by molar-refractivity contribution is -0.182. The van der Waals surface area contributed by atoms with Crippen molar-refractivity contribution in [2.75, 3.05) is 11.9 Å². The van der Waals surface area contributed by atoms with Gasteiger partial charge in [-0.25, -0.2) is 8.78 Å². The Morgan fingerprint density at radius 2 is 1.85 bits per heavy atom. The smallest absolute Gasteiger partial charge is 0.391 e. The number of alkyl halides is 5. The van der Waals surface area contributed by atoms with Gasteiger partial charge in [0, 0.05) is 25.8 Å². The summed E-state index contributed by atoms with van der Waals surface area (Å²) in [6, 6.07) is 7.39. The number of fused-ring (bicyclic) bond motifs is 1. The maximum atomic E-state index is 13.2. The number of nitrogens with one attached hydrogen (secondary N) is 4. The number of benzene rings is 1. The second-order valence-corrected chi connectivity index (χ2v) is 11.6. The van der Waals surface area contributed by atoms with E-state index in [2.05, 4.69) is 30.9 Å². The van der Waals surface area contributed by atoms with Crippen molar-refractivity contribution >= 4 is 57.8 Å². The zero-order valence-corrected chi connectivity index (χ0v) is 25.7. The third-order valence-corrected chi connectivity index (χ3v) is 8.33. The molecular weight excluding hydrogens is 660 g/mol. The van der Waals surface area contributed by atoms with Gasteiger partial charge in [-0.1, -0.05) is 29.3 Å². The van der Waals surface area contributed by atoms with Crippen molar-refractivity contribution in [1.29, 1.82) is 0 Å². The fourth-order valence-corrected chi connectivity index (χ4v) is 5.69. The zero-order chi connectivity index (χ0) is 33.2. The molecule has 4 aromatic rings. The van der Waals surface area contributed by atoms with Gasteiger partial charge in [-0.05, 0) is 55.5 Å². The number of aromatic nitrogens is 4. The highest BCUT2D eigenvalue weighted by molar-refractivity contribution is 6.39. The van der Waals surface area contributed by atoms with Crippen LogP contribution in [0.4, 0.5) is 33.6 Å². The molecule has 1 aromatic carbocycles. The van der Waals surface area contributed by atoms with Crippen molar-refractivity contribution in [1.82, 2.24) is 30.2 Å². The van der Waals surface area contributed by atoms with E-state index in [-0.39, 0.29) is 76.5 Å². The predicted octanol–water partition coefficient (Wildman–Crippen LogP) is 6.77. The first-order valence-corrected chi connectivity index (χ1v) is 14.9. The van der Waals surface area contributed by atoms with Crippen LogP contribution >= 0.6 is 23.2 Å². The summed E-state index contributed by atoms with van der Waals surface area (Å²) in [5.74, 6) is -2.82. The normalized spacial score (nSPS) is 16.9. The van der Waals surface area contributed by atoms with Crippen LogP contribution in [0.5, 0.6) is 5.88 Å². The van der Waals surface area contributed by atoms with E-state index in [0.29, 0.717) is 11.3 Å². The minimum Gasteiger partial charge on any atom is -0.471 e.